The second-order valence-corrected chi connectivity index (χ2v) is 3.78. The van der Waals surface area contributed by atoms with Gasteiger partial charge in [-0.25, -0.2) is 0 Å². The summed E-state index contributed by atoms with van der Waals surface area (Å²) in [5.41, 5.74) is 8.14. The number of rotatable bonds is 2. The molecule has 0 aromatic heterocycles. The van der Waals surface area contributed by atoms with Gasteiger partial charge in [-0.15, -0.1) is 0 Å². The minimum atomic E-state index is -1.08. The Labute approximate surface area is 93.3 Å². The number of carboxylic acid groups (broad SMARTS) is 1. The highest BCUT2D eigenvalue weighted by Crippen LogP contribution is 2.30. The predicted molar refractivity (Wildman–Crippen MR) is 59.7 cm³/mol. The van der Waals surface area contributed by atoms with E-state index in [0.717, 1.165) is 11.1 Å². The first-order valence-corrected chi connectivity index (χ1v) is 4.98. The lowest BCUT2D eigenvalue weighted by molar-refractivity contribution is -0.141. The Bertz CT molecular complexity index is 442. The molecule has 1 aliphatic rings. The van der Waals surface area contributed by atoms with E-state index >= 15 is 0 Å². The second-order valence-electron chi connectivity index (χ2n) is 3.78. The summed E-state index contributed by atoms with van der Waals surface area (Å²) in [6.45, 7) is 4.25. The van der Waals surface area contributed by atoms with Crippen LogP contribution in [0.4, 0.5) is 0 Å². The predicted octanol–water partition coefficient (Wildman–Crippen LogP) is 1.01. The number of hydrogen-bond acceptors (Lipinski definition) is 3. The van der Waals surface area contributed by atoms with Crippen molar-refractivity contribution in [3.05, 3.63) is 42.0 Å². The Hall–Kier alpha value is -1.65. The first-order chi connectivity index (χ1) is 7.61. The van der Waals surface area contributed by atoms with Crippen LogP contribution in [0.15, 0.2) is 30.8 Å². The van der Waals surface area contributed by atoms with Gasteiger partial charge in [0.25, 0.3) is 0 Å². The lowest BCUT2D eigenvalue weighted by atomic mass is 9.91. The van der Waals surface area contributed by atoms with Crippen LogP contribution in [0.25, 0.3) is 5.57 Å². The molecule has 0 aliphatic carbocycles. The molecule has 0 saturated heterocycles. The zero-order chi connectivity index (χ0) is 11.7. The number of carboxylic acids is 1. The number of carbonyl (C=O) groups is 1. The summed E-state index contributed by atoms with van der Waals surface area (Å²) in [7, 11) is 0. The van der Waals surface area contributed by atoms with Crippen LogP contribution in [-0.2, 0) is 16.1 Å². The fraction of sp³-hybridized carbons (Fsp3) is 0.250. The molecule has 0 amide bonds. The summed E-state index contributed by atoms with van der Waals surface area (Å²) >= 11 is 0. The Balaban J connectivity index is 2.31. The molecule has 1 aliphatic heterocycles. The molecule has 16 heavy (non-hydrogen) atoms. The highest BCUT2D eigenvalue weighted by Gasteiger charge is 2.31. The van der Waals surface area contributed by atoms with Crippen LogP contribution in [0.1, 0.15) is 11.1 Å². The van der Waals surface area contributed by atoms with Crippen LogP contribution >= 0.6 is 0 Å². The van der Waals surface area contributed by atoms with Crippen LogP contribution in [0.2, 0.25) is 0 Å². The lowest BCUT2D eigenvalue weighted by Crippen LogP contribution is -2.45. The van der Waals surface area contributed by atoms with E-state index in [9.17, 15) is 4.79 Å². The summed E-state index contributed by atoms with van der Waals surface area (Å²) in [6, 6.07) is 6.57. The van der Waals surface area contributed by atoms with Crippen molar-refractivity contribution in [2.45, 2.75) is 18.8 Å². The molecular weight excluding hydrogens is 206 g/mol. The van der Waals surface area contributed by atoms with E-state index in [-0.39, 0.29) is 0 Å². The van der Waals surface area contributed by atoms with Crippen molar-refractivity contribution in [1.29, 1.82) is 0 Å². The quantitative estimate of drug-likeness (QED) is 0.778. The molecular formula is C12H13NO3. The maximum atomic E-state index is 10.8. The van der Waals surface area contributed by atoms with Gasteiger partial charge < -0.3 is 15.6 Å². The molecule has 0 fully saturated rings. The third kappa shape index (κ3) is 1.73. The summed E-state index contributed by atoms with van der Waals surface area (Å²) in [5, 5.41) is 8.85. The smallest absolute Gasteiger partial charge is 0.323 e. The average Bonchev–Trinajstić information content (AvgIpc) is 2.29. The first-order valence-electron chi connectivity index (χ1n) is 4.98. The highest BCUT2D eigenvalue weighted by atomic mass is 16.5. The number of ether oxygens (including phenoxy) is 1. The van der Waals surface area contributed by atoms with Gasteiger partial charge in [-0.3, -0.25) is 4.79 Å². The zero-order valence-corrected chi connectivity index (χ0v) is 8.72. The maximum Gasteiger partial charge on any atom is 0.323 e. The number of benzene rings is 1. The number of fused-ring (bicyclic) bond motifs is 1. The summed E-state index contributed by atoms with van der Waals surface area (Å²) < 4.78 is 5.43. The summed E-state index contributed by atoms with van der Waals surface area (Å²) in [6.07, 6.45) is -0.646. The Morgan fingerprint density at radius 1 is 1.56 bits per heavy atom. The van der Waals surface area contributed by atoms with Gasteiger partial charge in [0.05, 0.1) is 6.61 Å². The number of aliphatic carboxylic acids is 1. The van der Waals surface area contributed by atoms with Gasteiger partial charge in [-0.05, 0) is 16.7 Å². The largest absolute Gasteiger partial charge is 0.480 e. The van der Waals surface area contributed by atoms with Gasteiger partial charge in [0.2, 0.25) is 0 Å². The number of nitrogens with two attached hydrogens (primary N) is 1. The van der Waals surface area contributed by atoms with E-state index in [1.165, 1.54) is 0 Å². The SMILES string of the molecule is C=C1c2ccccc2COC1C(N)C(=O)O. The Morgan fingerprint density at radius 2 is 2.25 bits per heavy atom. The number of hydrogen-bond donors (Lipinski definition) is 2. The van der Waals surface area contributed by atoms with Crippen LogP contribution in [-0.4, -0.2) is 23.2 Å². The molecule has 84 valence electrons. The highest BCUT2D eigenvalue weighted by molar-refractivity contribution is 5.81. The van der Waals surface area contributed by atoms with Gasteiger partial charge in [0.15, 0.2) is 0 Å². The first kappa shape index (κ1) is 10.9. The second kappa shape index (κ2) is 4.08. The minimum absolute atomic E-state index is 0.376. The zero-order valence-electron chi connectivity index (χ0n) is 8.72. The van der Waals surface area contributed by atoms with Crippen molar-refractivity contribution >= 4 is 11.5 Å². The summed E-state index contributed by atoms with van der Waals surface area (Å²) in [5.74, 6) is -1.08. The third-order valence-corrected chi connectivity index (χ3v) is 2.74. The molecule has 4 nitrogen and oxygen atoms in total. The lowest BCUT2D eigenvalue weighted by Gasteiger charge is -2.29. The van der Waals surface area contributed by atoms with Crippen molar-refractivity contribution in [1.82, 2.24) is 0 Å². The fourth-order valence-corrected chi connectivity index (χ4v) is 1.84. The van der Waals surface area contributed by atoms with Gasteiger partial charge >= 0.3 is 5.97 Å². The van der Waals surface area contributed by atoms with E-state index in [2.05, 4.69) is 6.58 Å². The standard InChI is InChI=1S/C12H13NO3/c1-7-9-5-3-2-4-8(9)6-16-11(7)10(13)12(14)15/h2-5,10-11H,1,6,13H2,(H,14,15). The molecule has 0 bridgehead atoms. The van der Waals surface area contributed by atoms with Crippen LogP contribution in [0, 0.1) is 0 Å². The van der Waals surface area contributed by atoms with Crippen molar-refractivity contribution < 1.29 is 14.6 Å². The fourth-order valence-electron chi connectivity index (χ4n) is 1.84. The molecule has 3 N–H and O–H groups in total. The Morgan fingerprint density at radius 3 is 2.94 bits per heavy atom. The third-order valence-electron chi connectivity index (χ3n) is 2.74. The molecule has 2 atom stereocenters. The molecule has 2 unspecified atom stereocenters. The van der Waals surface area contributed by atoms with Crippen LogP contribution in [0.3, 0.4) is 0 Å². The van der Waals surface area contributed by atoms with Crippen molar-refractivity contribution in [3.8, 4) is 0 Å². The van der Waals surface area contributed by atoms with E-state index in [4.69, 9.17) is 15.6 Å². The molecule has 1 aromatic carbocycles. The topological polar surface area (TPSA) is 72.5 Å². The molecule has 1 aromatic rings. The maximum absolute atomic E-state index is 10.8. The molecule has 0 saturated carbocycles. The van der Waals surface area contributed by atoms with E-state index in [0.29, 0.717) is 12.2 Å². The normalized spacial score (nSPS) is 21.3. The van der Waals surface area contributed by atoms with Gasteiger partial charge in [-0.2, -0.15) is 0 Å². The summed E-state index contributed by atoms with van der Waals surface area (Å²) in [4.78, 5) is 10.8. The molecule has 0 spiro atoms. The van der Waals surface area contributed by atoms with Crippen molar-refractivity contribution in [2.75, 3.05) is 0 Å². The van der Waals surface area contributed by atoms with Crippen LogP contribution in [0.5, 0.6) is 0 Å². The van der Waals surface area contributed by atoms with Gasteiger partial charge in [0.1, 0.15) is 12.1 Å². The van der Waals surface area contributed by atoms with E-state index in [1.807, 2.05) is 24.3 Å². The Kier molecular flexibility index (Phi) is 2.77. The molecule has 1 heterocycles. The average molecular weight is 219 g/mol. The van der Waals surface area contributed by atoms with Gasteiger partial charge in [-0.1, -0.05) is 30.8 Å². The van der Waals surface area contributed by atoms with Crippen LogP contribution < -0.4 is 5.73 Å². The van der Waals surface area contributed by atoms with Gasteiger partial charge in [0, 0.05) is 0 Å². The van der Waals surface area contributed by atoms with Crippen molar-refractivity contribution in [2.24, 2.45) is 5.73 Å². The molecule has 0 radical (unpaired) electrons. The monoisotopic (exact) mass is 219 g/mol. The molecule has 4 heteroatoms. The molecule has 2 rings (SSSR count). The minimum Gasteiger partial charge on any atom is -0.480 e. The van der Waals surface area contributed by atoms with E-state index in [1.54, 1.807) is 0 Å². The van der Waals surface area contributed by atoms with Crippen molar-refractivity contribution in [3.63, 3.8) is 0 Å². The van der Waals surface area contributed by atoms with E-state index < -0.39 is 18.1 Å².